The fourth-order valence-corrected chi connectivity index (χ4v) is 4.40. The van der Waals surface area contributed by atoms with E-state index in [-0.39, 0.29) is 22.0 Å². The van der Waals surface area contributed by atoms with Crippen LogP contribution in [0.2, 0.25) is 0 Å². The van der Waals surface area contributed by atoms with Crippen molar-refractivity contribution in [3.63, 3.8) is 0 Å². The summed E-state index contributed by atoms with van der Waals surface area (Å²) in [6.45, 7) is 1.71. The summed E-state index contributed by atoms with van der Waals surface area (Å²) in [4.78, 5) is 38.3. The average Bonchev–Trinajstić information content (AvgIpc) is 3.08. The molecule has 6 rings (SSSR count). The summed E-state index contributed by atoms with van der Waals surface area (Å²) in [6.07, 6.45) is 0. The summed E-state index contributed by atoms with van der Waals surface area (Å²) in [5.41, 5.74) is 1.45. The number of carboxylic acid groups (broad SMARTS) is 1. The molecule has 0 fully saturated rings. The van der Waals surface area contributed by atoms with Crippen molar-refractivity contribution in [2.45, 2.75) is 6.92 Å². The molecule has 7 nitrogen and oxygen atoms in total. The van der Waals surface area contributed by atoms with Crippen LogP contribution in [0.15, 0.2) is 97.3 Å². The van der Waals surface area contributed by atoms with Gasteiger partial charge < -0.3 is 5.11 Å². The van der Waals surface area contributed by atoms with E-state index in [1.807, 2.05) is 48.5 Å². The highest BCUT2D eigenvalue weighted by molar-refractivity contribution is 6.03. The van der Waals surface area contributed by atoms with Crippen LogP contribution in [0.25, 0.3) is 49.6 Å². The van der Waals surface area contributed by atoms with Gasteiger partial charge in [-0.25, -0.2) is 9.36 Å². The van der Waals surface area contributed by atoms with Gasteiger partial charge in [-0.1, -0.05) is 30.3 Å². The minimum Gasteiger partial charge on any atom is -0.478 e. The lowest BCUT2D eigenvalue weighted by molar-refractivity contribution is 0.0697. The Labute approximate surface area is 196 Å². The topological polar surface area (TPSA) is 99.0 Å². The van der Waals surface area contributed by atoms with E-state index in [4.69, 9.17) is 8.83 Å². The van der Waals surface area contributed by atoms with Gasteiger partial charge in [0.1, 0.15) is 0 Å². The maximum absolute atomic E-state index is 13.4. The zero-order valence-electron chi connectivity index (χ0n) is 18.4. The summed E-state index contributed by atoms with van der Waals surface area (Å²) in [5, 5.41) is 11.4. The highest BCUT2D eigenvalue weighted by atomic mass is 16.4. The van der Waals surface area contributed by atoms with E-state index >= 15 is 0 Å². The van der Waals surface area contributed by atoms with Gasteiger partial charge in [-0.3, -0.25) is 9.59 Å². The molecule has 168 valence electrons. The first-order valence-electron chi connectivity index (χ1n) is 10.9. The quantitative estimate of drug-likeness (QED) is 0.337. The Morgan fingerprint density at radius 3 is 1.71 bits per heavy atom. The van der Waals surface area contributed by atoms with Gasteiger partial charge in [0.15, 0.2) is 0 Å². The van der Waals surface area contributed by atoms with Crippen molar-refractivity contribution in [3.05, 3.63) is 111 Å². The average molecular weight is 463 g/mol. The molecule has 0 radical (unpaired) electrons. The number of hydrogen-bond donors (Lipinski definition) is 1. The fraction of sp³-hybridized carbons (Fsp3) is 0.0357. The van der Waals surface area contributed by atoms with Crippen molar-refractivity contribution >= 4 is 49.8 Å². The van der Waals surface area contributed by atoms with Crippen LogP contribution in [0, 0.1) is 6.92 Å². The summed E-state index contributed by atoms with van der Waals surface area (Å²) in [7, 11) is 0. The Morgan fingerprint density at radius 1 is 0.686 bits per heavy atom. The maximum Gasteiger partial charge on any atom is 0.457 e. The minimum atomic E-state index is -1.15. The standard InChI is InChI=1S/C28H16NO6/c1-15-10-11-16(28(32)33)12-21(15)29-26(30)19-13-24-25(14-20(19)27(29)31)35-23-9-5-3-7-18(23)17-6-2-4-8-22(17)34-24/h2-14H,1H3/q+1/p+1. The molecule has 0 aliphatic heterocycles. The van der Waals surface area contributed by atoms with Gasteiger partial charge in [0.05, 0.1) is 44.9 Å². The number of carboxylic acids is 1. The molecule has 1 N–H and O–H groups in total. The second-order valence-corrected chi connectivity index (χ2v) is 8.29. The van der Waals surface area contributed by atoms with E-state index in [1.54, 1.807) is 13.0 Å². The van der Waals surface area contributed by atoms with Gasteiger partial charge in [0, 0.05) is 12.1 Å². The Morgan fingerprint density at radius 2 is 1.20 bits per heavy atom. The predicted octanol–water partition coefficient (Wildman–Crippen LogP) is 5.57. The Balaban J connectivity index is 1.76. The van der Waals surface area contributed by atoms with E-state index in [9.17, 15) is 19.5 Å². The molecule has 0 atom stereocenters. The van der Waals surface area contributed by atoms with Gasteiger partial charge in [0.25, 0.3) is 11.1 Å². The van der Waals surface area contributed by atoms with E-state index in [0.717, 1.165) is 15.3 Å². The Kier molecular flexibility index (Phi) is 4.47. The van der Waals surface area contributed by atoms with Crippen LogP contribution in [0.4, 0.5) is 0 Å². The lowest BCUT2D eigenvalue weighted by Crippen LogP contribution is -2.24. The number of benzene rings is 4. The first-order chi connectivity index (χ1) is 16.9. The van der Waals surface area contributed by atoms with Crippen LogP contribution in [0.5, 0.6) is 0 Å². The van der Waals surface area contributed by atoms with Crippen molar-refractivity contribution in [3.8, 4) is 5.69 Å². The van der Waals surface area contributed by atoms with Gasteiger partial charge >= 0.3 is 28.3 Å². The molecule has 0 saturated carbocycles. The molecule has 0 aliphatic carbocycles. The normalized spacial score (nSPS) is 11.5. The van der Waals surface area contributed by atoms with Gasteiger partial charge in [-0.05, 0) is 36.8 Å². The number of para-hydroxylation sites is 2. The zero-order valence-corrected chi connectivity index (χ0v) is 18.4. The molecule has 0 saturated heterocycles. The molecule has 2 aromatic heterocycles. The first kappa shape index (κ1) is 20.7. The van der Waals surface area contributed by atoms with Crippen molar-refractivity contribution in [2.75, 3.05) is 0 Å². The summed E-state index contributed by atoms with van der Waals surface area (Å²) < 4.78 is 13.4. The molecule has 0 bridgehead atoms. The molecular formula is C28H17NO6+2. The number of hydrogen-bond acceptors (Lipinski definition) is 3. The van der Waals surface area contributed by atoms with Crippen LogP contribution in [0.1, 0.15) is 15.9 Å². The minimum absolute atomic E-state index is 0.0192. The second-order valence-electron chi connectivity index (χ2n) is 8.29. The molecule has 2 heterocycles. The number of aromatic carboxylic acids is 1. The number of aromatic nitrogens is 1. The lowest BCUT2D eigenvalue weighted by atomic mass is 10.1. The second kappa shape index (κ2) is 7.56. The SMILES string of the molecule is Cc1ccc(C(=O)O)cc1-n1c(=O)c2cc3[o+]c4ccccc4c4ccccc4[o+]c3cc2c1=O. The van der Waals surface area contributed by atoms with Crippen LogP contribution >= 0.6 is 0 Å². The van der Waals surface area contributed by atoms with Gasteiger partial charge in [-0.2, -0.15) is 8.83 Å². The number of nitrogens with zero attached hydrogens (tertiary/aromatic N) is 1. The number of fused-ring (bicyclic) bond motifs is 5. The van der Waals surface area contributed by atoms with Crippen LogP contribution in [-0.2, 0) is 0 Å². The van der Waals surface area contributed by atoms with Crippen molar-refractivity contribution < 1.29 is 18.7 Å². The monoisotopic (exact) mass is 463 g/mol. The van der Waals surface area contributed by atoms with Crippen LogP contribution < -0.4 is 11.1 Å². The van der Waals surface area contributed by atoms with E-state index in [0.29, 0.717) is 27.9 Å². The molecule has 6 aromatic rings. The molecular weight excluding hydrogens is 446 g/mol. The summed E-state index contributed by atoms with van der Waals surface area (Å²) >= 11 is 0. The number of rotatable bonds is 2. The lowest BCUT2D eigenvalue weighted by Gasteiger charge is -2.06. The highest BCUT2D eigenvalue weighted by Crippen LogP contribution is 2.28. The molecule has 35 heavy (non-hydrogen) atoms. The third kappa shape index (κ3) is 3.17. The van der Waals surface area contributed by atoms with E-state index in [1.165, 1.54) is 24.3 Å². The predicted molar refractivity (Wildman–Crippen MR) is 133 cm³/mol. The molecule has 0 amide bonds. The Bertz CT molecular complexity index is 1880. The largest absolute Gasteiger partial charge is 0.478 e. The Hall–Kier alpha value is -4.91. The van der Waals surface area contributed by atoms with Crippen molar-refractivity contribution in [2.24, 2.45) is 0 Å². The molecule has 4 aromatic carbocycles. The van der Waals surface area contributed by atoms with Crippen LogP contribution in [-0.4, -0.2) is 15.6 Å². The summed E-state index contributed by atoms with van der Waals surface area (Å²) in [6, 6.07) is 22.3. The van der Waals surface area contributed by atoms with Gasteiger partial charge in [0.2, 0.25) is 0 Å². The van der Waals surface area contributed by atoms with E-state index < -0.39 is 17.1 Å². The summed E-state index contributed by atoms with van der Waals surface area (Å²) in [5.74, 6) is -1.15. The van der Waals surface area contributed by atoms with Crippen molar-refractivity contribution in [1.82, 2.24) is 4.57 Å². The molecule has 0 spiro atoms. The fourth-order valence-electron chi connectivity index (χ4n) is 4.40. The third-order valence-corrected chi connectivity index (χ3v) is 6.15. The number of aryl methyl sites for hydroxylation is 1. The zero-order chi connectivity index (χ0) is 24.3. The molecule has 0 unspecified atom stereocenters. The maximum atomic E-state index is 13.4. The molecule has 7 heteroatoms. The first-order valence-corrected chi connectivity index (χ1v) is 10.9. The molecule has 0 aliphatic rings. The van der Waals surface area contributed by atoms with E-state index in [2.05, 4.69) is 0 Å². The van der Waals surface area contributed by atoms with Crippen LogP contribution in [0.3, 0.4) is 0 Å². The smallest absolute Gasteiger partial charge is 0.457 e. The number of carbonyl (C=O) groups is 1. The van der Waals surface area contributed by atoms with Gasteiger partial charge in [-0.15, -0.1) is 0 Å². The van der Waals surface area contributed by atoms with Crippen molar-refractivity contribution in [1.29, 1.82) is 0 Å². The third-order valence-electron chi connectivity index (χ3n) is 6.15. The highest BCUT2D eigenvalue weighted by Gasteiger charge is 2.26.